The normalized spacial score (nSPS) is 10.5. The molecule has 0 fully saturated rings. The molecule has 6 nitrogen and oxygen atoms in total. The minimum absolute atomic E-state index is 0.0942. The van der Waals surface area contributed by atoms with Crippen molar-refractivity contribution in [1.29, 1.82) is 0 Å². The van der Waals surface area contributed by atoms with Gasteiger partial charge in [-0.05, 0) is 19.4 Å². The van der Waals surface area contributed by atoms with Crippen LogP contribution in [0.15, 0.2) is 30.3 Å². The number of carbonyl (C=O) groups excluding carboxylic acids is 3. The summed E-state index contributed by atoms with van der Waals surface area (Å²) in [7, 11) is 0. The molecule has 0 radical (unpaired) electrons. The molecule has 108 valence electrons. The van der Waals surface area contributed by atoms with Crippen molar-refractivity contribution >= 4 is 18.3 Å². The summed E-state index contributed by atoms with van der Waals surface area (Å²) in [6, 6.07) is 9.20. The Morgan fingerprint density at radius 3 is 2.50 bits per heavy atom. The van der Waals surface area contributed by atoms with Crippen molar-refractivity contribution in [1.82, 2.24) is 10.6 Å². The lowest BCUT2D eigenvalue weighted by atomic mass is 10.1. The highest BCUT2D eigenvalue weighted by Gasteiger charge is 2.29. The van der Waals surface area contributed by atoms with Crippen molar-refractivity contribution in [3.63, 3.8) is 0 Å². The topological polar surface area (TPSA) is 84.5 Å². The summed E-state index contributed by atoms with van der Waals surface area (Å²) in [5.41, 5.74) is -0.303. The van der Waals surface area contributed by atoms with Crippen LogP contribution in [-0.4, -0.2) is 30.4 Å². The van der Waals surface area contributed by atoms with E-state index in [1.165, 1.54) is 13.8 Å². The van der Waals surface area contributed by atoms with E-state index in [2.05, 4.69) is 10.6 Å². The SMILES string of the molecule is CC(C)(NC(=O)OCc1ccccc1)C(=O)NCC=O. The molecule has 0 aliphatic carbocycles. The summed E-state index contributed by atoms with van der Waals surface area (Å²) in [5.74, 6) is -0.457. The van der Waals surface area contributed by atoms with E-state index in [9.17, 15) is 14.4 Å². The first-order valence-corrected chi connectivity index (χ1v) is 6.16. The van der Waals surface area contributed by atoms with Crippen molar-refractivity contribution in [2.24, 2.45) is 0 Å². The Balaban J connectivity index is 2.44. The fourth-order valence-electron chi connectivity index (χ4n) is 1.43. The van der Waals surface area contributed by atoms with Crippen molar-refractivity contribution in [3.8, 4) is 0 Å². The Morgan fingerprint density at radius 1 is 1.25 bits per heavy atom. The van der Waals surface area contributed by atoms with Gasteiger partial charge in [-0.1, -0.05) is 30.3 Å². The Morgan fingerprint density at radius 2 is 1.90 bits per heavy atom. The maximum Gasteiger partial charge on any atom is 0.408 e. The van der Waals surface area contributed by atoms with Crippen LogP contribution in [0.3, 0.4) is 0 Å². The van der Waals surface area contributed by atoms with Gasteiger partial charge in [0.15, 0.2) is 0 Å². The van der Waals surface area contributed by atoms with E-state index >= 15 is 0 Å². The number of ether oxygens (including phenoxy) is 1. The number of nitrogens with one attached hydrogen (secondary N) is 2. The average molecular weight is 278 g/mol. The molecule has 0 atom stereocenters. The third kappa shape index (κ3) is 5.09. The summed E-state index contributed by atoms with van der Waals surface area (Å²) in [5, 5.41) is 4.82. The monoisotopic (exact) mass is 278 g/mol. The maximum absolute atomic E-state index is 11.7. The molecular formula is C14H18N2O4. The van der Waals surface area contributed by atoms with Crippen LogP contribution in [0, 0.1) is 0 Å². The Kier molecular flexibility index (Phi) is 5.71. The van der Waals surface area contributed by atoms with Crippen LogP contribution in [0.1, 0.15) is 19.4 Å². The van der Waals surface area contributed by atoms with Crippen molar-refractivity contribution in [2.45, 2.75) is 26.0 Å². The summed E-state index contributed by atoms with van der Waals surface area (Å²) in [6.07, 6.45) is -0.123. The summed E-state index contributed by atoms with van der Waals surface area (Å²) < 4.78 is 5.02. The average Bonchev–Trinajstić information content (AvgIpc) is 2.43. The molecule has 0 aliphatic heterocycles. The molecule has 1 aromatic carbocycles. The molecule has 0 spiro atoms. The fraction of sp³-hybridized carbons (Fsp3) is 0.357. The number of amides is 2. The van der Waals surface area contributed by atoms with Gasteiger partial charge in [-0.25, -0.2) is 4.79 Å². The first-order valence-electron chi connectivity index (χ1n) is 6.16. The van der Waals surface area contributed by atoms with E-state index < -0.39 is 17.5 Å². The second-order valence-electron chi connectivity index (χ2n) is 4.69. The van der Waals surface area contributed by atoms with Crippen LogP contribution in [0.2, 0.25) is 0 Å². The third-order valence-electron chi connectivity index (χ3n) is 2.54. The number of rotatable bonds is 6. The zero-order chi connectivity index (χ0) is 15.0. The van der Waals surface area contributed by atoms with Crippen molar-refractivity contribution in [3.05, 3.63) is 35.9 Å². The van der Waals surface area contributed by atoms with Gasteiger partial charge in [0.2, 0.25) is 5.91 Å². The maximum atomic E-state index is 11.7. The van der Waals surface area contributed by atoms with Gasteiger partial charge in [-0.15, -0.1) is 0 Å². The molecule has 1 rings (SSSR count). The van der Waals surface area contributed by atoms with Crippen LogP contribution in [-0.2, 0) is 20.9 Å². The van der Waals surface area contributed by atoms with Gasteiger partial charge in [0.1, 0.15) is 18.4 Å². The number of hydrogen-bond donors (Lipinski definition) is 2. The number of aldehydes is 1. The molecule has 0 heterocycles. The molecule has 0 bridgehead atoms. The highest BCUT2D eigenvalue weighted by Crippen LogP contribution is 2.05. The lowest BCUT2D eigenvalue weighted by Crippen LogP contribution is -2.55. The van der Waals surface area contributed by atoms with Gasteiger partial charge in [-0.2, -0.15) is 0 Å². The van der Waals surface area contributed by atoms with Crippen molar-refractivity contribution < 1.29 is 19.1 Å². The number of carbonyl (C=O) groups is 3. The van der Waals surface area contributed by atoms with Gasteiger partial charge >= 0.3 is 6.09 Å². The predicted molar refractivity (Wildman–Crippen MR) is 72.9 cm³/mol. The standard InChI is InChI=1S/C14H18N2O4/c1-14(2,12(18)15-8-9-17)16-13(19)20-10-11-6-4-3-5-7-11/h3-7,9H,8,10H2,1-2H3,(H,15,18)(H,16,19). The highest BCUT2D eigenvalue weighted by atomic mass is 16.5. The van der Waals surface area contributed by atoms with Crippen LogP contribution in [0.25, 0.3) is 0 Å². The summed E-state index contributed by atoms with van der Waals surface area (Å²) in [6.45, 7) is 3.08. The van der Waals surface area contributed by atoms with Crippen LogP contribution in [0.4, 0.5) is 4.79 Å². The molecule has 6 heteroatoms. The lowest BCUT2D eigenvalue weighted by Gasteiger charge is -2.24. The second-order valence-corrected chi connectivity index (χ2v) is 4.69. The smallest absolute Gasteiger partial charge is 0.408 e. The van der Waals surface area contributed by atoms with Crippen LogP contribution in [0.5, 0.6) is 0 Å². The van der Waals surface area contributed by atoms with E-state index in [0.717, 1.165) is 5.56 Å². The van der Waals surface area contributed by atoms with E-state index in [-0.39, 0.29) is 13.2 Å². The number of benzene rings is 1. The zero-order valence-electron chi connectivity index (χ0n) is 11.5. The van der Waals surface area contributed by atoms with Crippen LogP contribution < -0.4 is 10.6 Å². The van der Waals surface area contributed by atoms with Gasteiger partial charge in [-0.3, -0.25) is 4.79 Å². The largest absolute Gasteiger partial charge is 0.445 e. The third-order valence-corrected chi connectivity index (χ3v) is 2.54. The molecule has 0 unspecified atom stereocenters. The fourth-order valence-corrected chi connectivity index (χ4v) is 1.43. The Labute approximate surface area is 117 Å². The predicted octanol–water partition coefficient (Wildman–Crippen LogP) is 1.01. The Hall–Kier alpha value is -2.37. The quantitative estimate of drug-likeness (QED) is 0.760. The van der Waals surface area contributed by atoms with E-state index in [0.29, 0.717) is 6.29 Å². The van der Waals surface area contributed by atoms with E-state index in [4.69, 9.17) is 4.74 Å². The molecule has 0 saturated heterocycles. The van der Waals surface area contributed by atoms with Crippen LogP contribution >= 0.6 is 0 Å². The minimum Gasteiger partial charge on any atom is -0.445 e. The molecule has 0 aromatic heterocycles. The second kappa shape index (κ2) is 7.28. The molecular weight excluding hydrogens is 260 g/mol. The number of hydrogen-bond acceptors (Lipinski definition) is 4. The van der Waals surface area contributed by atoms with E-state index in [1.807, 2.05) is 30.3 Å². The number of alkyl carbamates (subject to hydrolysis) is 1. The molecule has 0 aliphatic rings. The first kappa shape index (κ1) is 15.7. The molecule has 20 heavy (non-hydrogen) atoms. The first-order chi connectivity index (χ1) is 9.45. The van der Waals surface area contributed by atoms with Crippen molar-refractivity contribution in [2.75, 3.05) is 6.54 Å². The minimum atomic E-state index is -1.16. The van der Waals surface area contributed by atoms with Gasteiger partial charge < -0.3 is 20.2 Å². The van der Waals surface area contributed by atoms with Gasteiger partial charge in [0.25, 0.3) is 0 Å². The zero-order valence-corrected chi connectivity index (χ0v) is 11.5. The molecule has 0 saturated carbocycles. The summed E-state index contributed by atoms with van der Waals surface area (Å²) in [4.78, 5) is 33.5. The molecule has 2 N–H and O–H groups in total. The van der Waals surface area contributed by atoms with E-state index in [1.54, 1.807) is 0 Å². The summed E-state index contributed by atoms with van der Waals surface area (Å²) >= 11 is 0. The Bertz CT molecular complexity index is 471. The molecule has 1 aromatic rings. The highest BCUT2D eigenvalue weighted by molar-refractivity contribution is 5.90. The lowest BCUT2D eigenvalue weighted by molar-refractivity contribution is -0.127. The molecule has 2 amide bonds. The van der Waals surface area contributed by atoms with Gasteiger partial charge in [0.05, 0.1) is 6.54 Å². The van der Waals surface area contributed by atoms with Gasteiger partial charge in [0, 0.05) is 0 Å².